The summed E-state index contributed by atoms with van der Waals surface area (Å²) in [5.74, 6) is 1.15. The zero-order valence-electron chi connectivity index (χ0n) is 18.2. The van der Waals surface area contributed by atoms with Gasteiger partial charge in [0, 0.05) is 11.3 Å². The lowest BCUT2D eigenvalue weighted by molar-refractivity contribution is -0.118. The summed E-state index contributed by atoms with van der Waals surface area (Å²) in [5, 5.41) is 2.83. The van der Waals surface area contributed by atoms with Crippen LogP contribution in [0.3, 0.4) is 0 Å². The number of benzene rings is 3. The van der Waals surface area contributed by atoms with Crippen molar-refractivity contribution in [2.24, 2.45) is 0 Å². The topological polar surface area (TPSA) is 64.4 Å². The maximum Gasteiger partial charge on any atom is 0.262 e. The molecule has 1 saturated carbocycles. The smallest absolute Gasteiger partial charge is 0.262 e. The van der Waals surface area contributed by atoms with Gasteiger partial charge in [0.25, 0.3) is 5.91 Å². The van der Waals surface area contributed by atoms with Crippen molar-refractivity contribution in [2.75, 3.05) is 11.9 Å². The lowest BCUT2D eigenvalue weighted by Gasteiger charge is -2.22. The number of carbonyl (C=O) groups excluding carboxylic acids is 1. The highest BCUT2D eigenvalue weighted by Crippen LogP contribution is 2.33. The Morgan fingerprint density at radius 3 is 2.52 bits per heavy atom. The van der Waals surface area contributed by atoms with E-state index >= 15 is 0 Å². The summed E-state index contributed by atoms with van der Waals surface area (Å²) in [4.78, 5) is 16.8. The molecule has 0 spiro atoms. The third-order valence-electron chi connectivity index (χ3n) is 6.09. The van der Waals surface area contributed by atoms with Crippen LogP contribution in [0.25, 0.3) is 22.6 Å². The number of anilines is 1. The molecule has 1 fully saturated rings. The van der Waals surface area contributed by atoms with Crippen molar-refractivity contribution in [3.05, 3.63) is 78.1 Å². The first-order valence-corrected chi connectivity index (χ1v) is 11.3. The molecule has 1 aliphatic rings. The molecule has 1 heterocycles. The summed E-state index contributed by atoms with van der Waals surface area (Å²) in [7, 11) is 0. The molecule has 5 rings (SSSR count). The minimum absolute atomic E-state index is 0.0829. The maximum absolute atomic E-state index is 13.1. The van der Waals surface area contributed by atoms with Crippen molar-refractivity contribution in [1.29, 1.82) is 0 Å². The summed E-state index contributed by atoms with van der Waals surface area (Å²) >= 11 is 0. The van der Waals surface area contributed by atoms with Crippen molar-refractivity contribution in [2.45, 2.75) is 38.0 Å². The summed E-state index contributed by atoms with van der Waals surface area (Å²) in [6, 6.07) is 19.3. The zero-order valence-corrected chi connectivity index (χ0v) is 18.2. The van der Waals surface area contributed by atoms with Gasteiger partial charge in [-0.3, -0.25) is 4.79 Å². The second-order valence-electron chi connectivity index (χ2n) is 8.45. The van der Waals surface area contributed by atoms with E-state index in [4.69, 9.17) is 9.15 Å². The molecule has 33 heavy (non-hydrogen) atoms. The van der Waals surface area contributed by atoms with Gasteiger partial charge in [-0.15, -0.1) is 0 Å². The molecule has 0 bridgehead atoms. The highest BCUT2D eigenvalue weighted by molar-refractivity contribution is 5.94. The van der Waals surface area contributed by atoms with Crippen LogP contribution in [0.5, 0.6) is 5.75 Å². The van der Waals surface area contributed by atoms with Crippen molar-refractivity contribution >= 4 is 22.7 Å². The van der Waals surface area contributed by atoms with Crippen molar-refractivity contribution in [3.8, 4) is 17.2 Å². The van der Waals surface area contributed by atoms with Gasteiger partial charge in [0.05, 0.1) is 0 Å². The van der Waals surface area contributed by atoms with E-state index in [1.165, 1.54) is 49.8 Å². The standard InChI is InChI=1S/C27H25FN2O3/c28-21-10-6-20(7-11-21)27-30-24-16-22(12-15-25(24)33-27)29-26(31)17-32-23-13-8-19(9-14-23)18-4-2-1-3-5-18/h6-16,18H,1-5,17H2,(H,29,31). The van der Waals surface area contributed by atoms with E-state index in [1.807, 2.05) is 12.1 Å². The van der Waals surface area contributed by atoms with Gasteiger partial charge >= 0.3 is 0 Å². The van der Waals surface area contributed by atoms with Crippen LogP contribution in [-0.4, -0.2) is 17.5 Å². The van der Waals surface area contributed by atoms with Crippen LogP contribution in [0.2, 0.25) is 0 Å². The predicted molar refractivity (Wildman–Crippen MR) is 126 cm³/mol. The Balaban J connectivity index is 1.19. The van der Waals surface area contributed by atoms with Gasteiger partial charge in [-0.05, 0) is 78.9 Å². The van der Waals surface area contributed by atoms with Crippen LogP contribution in [-0.2, 0) is 4.79 Å². The average Bonchev–Trinajstić information content (AvgIpc) is 3.27. The molecule has 1 amide bonds. The molecule has 0 saturated heterocycles. The van der Waals surface area contributed by atoms with Crippen molar-refractivity contribution in [1.82, 2.24) is 4.98 Å². The second kappa shape index (κ2) is 9.45. The summed E-state index contributed by atoms with van der Waals surface area (Å²) in [6.07, 6.45) is 6.45. The molecule has 1 N–H and O–H groups in total. The quantitative estimate of drug-likeness (QED) is 0.359. The predicted octanol–water partition coefficient (Wildman–Crippen LogP) is 6.70. The second-order valence-corrected chi connectivity index (χ2v) is 8.45. The number of oxazole rings is 1. The number of aromatic nitrogens is 1. The number of nitrogens with zero attached hydrogens (tertiary/aromatic N) is 1. The number of nitrogens with one attached hydrogen (secondary N) is 1. The van der Waals surface area contributed by atoms with Crippen LogP contribution < -0.4 is 10.1 Å². The number of fused-ring (bicyclic) bond motifs is 1. The number of ether oxygens (including phenoxy) is 1. The molecular weight excluding hydrogens is 419 g/mol. The lowest BCUT2D eigenvalue weighted by Crippen LogP contribution is -2.20. The van der Waals surface area contributed by atoms with E-state index in [0.717, 1.165) is 0 Å². The van der Waals surface area contributed by atoms with E-state index in [9.17, 15) is 9.18 Å². The molecule has 0 aliphatic heterocycles. The first kappa shape index (κ1) is 21.2. The Hall–Kier alpha value is -3.67. The fraction of sp³-hybridized carbons (Fsp3) is 0.259. The molecule has 4 aromatic rings. The van der Waals surface area contributed by atoms with Gasteiger partial charge in [0.15, 0.2) is 12.2 Å². The first-order chi connectivity index (χ1) is 16.1. The van der Waals surface area contributed by atoms with E-state index < -0.39 is 0 Å². The normalized spacial score (nSPS) is 14.3. The fourth-order valence-electron chi connectivity index (χ4n) is 4.34. The van der Waals surface area contributed by atoms with E-state index in [0.29, 0.717) is 39.9 Å². The van der Waals surface area contributed by atoms with Gasteiger partial charge in [0.1, 0.15) is 17.1 Å². The summed E-state index contributed by atoms with van der Waals surface area (Å²) < 4.78 is 24.6. The Bertz CT molecular complexity index is 1240. The number of rotatable bonds is 6. The van der Waals surface area contributed by atoms with Crippen LogP contribution >= 0.6 is 0 Å². The van der Waals surface area contributed by atoms with E-state index in [-0.39, 0.29) is 18.3 Å². The third-order valence-corrected chi connectivity index (χ3v) is 6.09. The average molecular weight is 445 g/mol. The van der Waals surface area contributed by atoms with Crippen molar-refractivity contribution in [3.63, 3.8) is 0 Å². The Morgan fingerprint density at radius 1 is 1.00 bits per heavy atom. The molecule has 5 nitrogen and oxygen atoms in total. The molecule has 3 aromatic carbocycles. The third kappa shape index (κ3) is 5.06. The number of amides is 1. The summed E-state index contributed by atoms with van der Waals surface area (Å²) in [6.45, 7) is -0.0829. The van der Waals surface area contributed by atoms with Gasteiger partial charge in [-0.1, -0.05) is 31.4 Å². The minimum atomic E-state index is -0.317. The SMILES string of the molecule is O=C(COc1ccc(C2CCCCC2)cc1)Nc1ccc2oc(-c3ccc(F)cc3)nc2c1. The first-order valence-electron chi connectivity index (χ1n) is 11.3. The number of carbonyl (C=O) groups is 1. The van der Waals surface area contributed by atoms with Crippen LogP contribution in [0.15, 0.2) is 71.1 Å². The molecule has 1 aromatic heterocycles. The number of halogens is 1. The van der Waals surface area contributed by atoms with Crippen LogP contribution in [0, 0.1) is 5.82 Å². The molecule has 168 valence electrons. The molecule has 1 aliphatic carbocycles. The van der Waals surface area contributed by atoms with Gasteiger partial charge in [-0.2, -0.15) is 0 Å². The molecule has 0 atom stereocenters. The van der Waals surface area contributed by atoms with Gasteiger partial charge in [-0.25, -0.2) is 9.37 Å². The van der Waals surface area contributed by atoms with Crippen LogP contribution in [0.1, 0.15) is 43.6 Å². The largest absolute Gasteiger partial charge is 0.484 e. The molecular formula is C27H25FN2O3. The highest BCUT2D eigenvalue weighted by atomic mass is 19.1. The Kier molecular flexibility index (Phi) is 6.07. The van der Waals surface area contributed by atoms with E-state index in [1.54, 1.807) is 30.3 Å². The molecule has 0 radical (unpaired) electrons. The Morgan fingerprint density at radius 2 is 1.76 bits per heavy atom. The molecule has 0 unspecified atom stereocenters. The maximum atomic E-state index is 13.1. The lowest BCUT2D eigenvalue weighted by atomic mass is 9.84. The zero-order chi connectivity index (χ0) is 22.6. The van der Waals surface area contributed by atoms with Gasteiger partial charge in [0.2, 0.25) is 5.89 Å². The van der Waals surface area contributed by atoms with E-state index in [2.05, 4.69) is 22.4 Å². The highest BCUT2D eigenvalue weighted by Gasteiger charge is 2.15. The van der Waals surface area contributed by atoms with Crippen molar-refractivity contribution < 1.29 is 18.3 Å². The molecule has 6 heteroatoms. The number of hydrogen-bond acceptors (Lipinski definition) is 4. The number of hydrogen-bond donors (Lipinski definition) is 1. The van der Waals surface area contributed by atoms with Crippen LogP contribution in [0.4, 0.5) is 10.1 Å². The van der Waals surface area contributed by atoms with Gasteiger partial charge < -0.3 is 14.5 Å². The monoisotopic (exact) mass is 444 g/mol. The summed E-state index contributed by atoms with van der Waals surface area (Å²) in [5.41, 5.74) is 3.82. The Labute approximate surface area is 191 Å². The minimum Gasteiger partial charge on any atom is -0.484 e. The fourth-order valence-corrected chi connectivity index (χ4v) is 4.34.